The van der Waals surface area contributed by atoms with Crippen molar-refractivity contribution in [1.29, 1.82) is 0 Å². The van der Waals surface area contributed by atoms with Gasteiger partial charge in [-0.05, 0) is 30.5 Å². The van der Waals surface area contributed by atoms with Crippen molar-refractivity contribution in [1.82, 2.24) is 0 Å². The topological polar surface area (TPSA) is 20.2 Å². The molecule has 0 heterocycles. The number of thioether (sulfide) groups is 1. The number of benzene rings is 1. The molecule has 1 saturated carbocycles. The lowest BCUT2D eigenvalue weighted by molar-refractivity contribution is 0.305. The van der Waals surface area contributed by atoms with Crippen LogP contribution in [-0.2, 0) is 5.75 Å². The van der Waals surface area contributed by atoms with Gasteiger partial charge in [0.1, 0.15) is 5.82 Å². The first-order valence-corrected chi connectivity index (χ1v) is 8.34. The van der Waals surface area contributed by atoms with E-state index in [1.165, 1.54) is 38.2 Å². The fourth-order valence-corrected chi connectivity index (χ4v) is 3.72. The first kappa shape index (κ1) is 15.4. The van der Waals surface area contributed by atoms with Gasteiger partial charge < -0.3 is 5.11 Å². The molecule has 1 N–H and O–H groups in total. The van der Waals surface area contributed by atoms with Gasteiger partial charge in [-0.3, -0.25) is 0 Å². The number of aliphatic hydroxyl groups is 1. The first-order chi connectivity index (χ1) is 9.79. The van der Waals surface area contributed by atoms with Crippen LogP contribution in [0.25, 0.3) is 0 Å². The molecule has 0 aliphatic heterocycles. The molecule has 1 fully saturated rings. The predicted molar refractivity (Wildman–Crippen MR) is 83.1 cm³/mol. The lowest BCUT2D eigenvalue weighted by atomic mass is 10.0. The summed E-state index contributed by atoms with van der Waals surface area (Å²) in [7, 11) is 0. The van der Waals surface area contributed by atoms with Crippen LogP contribution >= 0.6 is 11.8 Å². The molecular formula is C17H21FOS. The Kier molecular flexibility index (Phi) is 6.42. The maximum atomic E-state index is 14.0. The third-order valence-electron chi connectivity index (χ3n) is 3.55. The van der Waals surface area contributed by atoms with Crippen LogP contribution in [0.3, 0.4) is 0 Å². The number of rotatable bonds is 4. The van der Waals surface area contributed by atoms with E-state index in [0.717, 1.165) is 11.3 Å². The summed E-state index contributed by atoms with van der Waals surface area (Å²) < 4.78 is 14.0. The second-order valence-corrected chi connectivity index (χ2v) is 6.44. The van der Waals surface area contributed by atoms with Crippen molar-refractivity contribution in [2.75, 3.05) is 6.61 Å². The third kappa shape index (κ3) is 4.85. The molecule has 0 aromatic heterocycles. The van der Waals surface area contributed by atoms with E-state index in [0.29, 0.717) is 17.2 Å². The minimum atomic E-state index is -0.163. The highest BCUT2D eigenvalue weighted by atomic mass is 32.2. The highest BCUT2D eigenvalue weighted by Crippen LogP contribution is 2.31. The van der Waals surface area contributed by atoms with Crippen LogP contribution in [0.1, 0.15) is 49.7 Å². The molecule has 0 spiro atoms. The fraction of sp³-hybridized carbons (Fsp3) is 0.529. The van der Waals surface area contributed by atoms with E-state index in [-0.39, 0.29) is 12.4 Å². The van der Waals surface area contributed by atoms with Crippen molar-refractivity contribution in [3.8, 4) is 11.8 Å². The summed E-state index contributed by atoms with van der Waals surface area (Å²) in [5, 5.41) is 9.36. The Morgan fingerprint density at radius 3 is 2.75 bits per heavy atom. The van der Waals surface area contributed by atoms with Crippen molar-refractivity contribution >= 4 is 11.8 Å². The number of hydrogen-bond donors (Lipinski definition) is 1. The Hall–Kier alpha value is -0.980. The molecule has 0 saturated heterocycles. The Bertz CT molecular complexity index is 483. The highest BCUT2D eigenvalue weighted by Gasteiger charge is 2.14. The molecule has 0 unspecified atom stereocenters. The lowest BCUT2D eigenvalue weighted by Gasteiger charge is -2.21. The number of halogens is 1. The molecular weight excluding hydrogens is 271 g/mol. The van der Waals surface area contributed by atoms with E-state index < -0.39 is 0 Å². The standard InChI is InChI=1S/C17H21FOS/c18-17-12-14(6-4-5-11-19)9-10-15(17)13-20-16-7-2-1-3-8-16/h9-10,12,16,19H,1-3,5,7-8,11,13H2. The number of aliphatic hydroxyl groups excluding tert-OH is 1. The van der Waals surface area contributed by atoms with Crippen molar-refractivity contribution in [2.45, 2.75) is 49.5 Å². The van der Waals surface area contributed by atoms with Crippen LogP contribution in [0.2, 0.25) is 0 Å². The summed E-state index contributed by atoms with van der Waals surface area (Å²) >= 11 is 1.88. The van der Waals surface area contributed by atoms with Crippen LogP contribution in [0, 0.1) is 17.7 Å². The van der Waals surface area contributed by atoms with E-state index >= 15 is 0 Å². The van der Waals surface area contributed by atoms with Gasteiger partial charge >= 0.3 is 0 Å². The van der Waals surface area contributed by atoms with E-state index in [1.54, 1.807) is 0 Å². The van der Waals surface area contributed by atoms with E-state index in [1.807, 2.05) is 23.9 Å². The fourth-order valence-electron chi connectivity index (χ4n) is 2.40. The molecule has 0 amide bonds. The smallest absolute Gasteiger partial charge is 0.128 e. The van der Waals surface area contributed by atoms with Gasteiger partial charge in [-0.15, -0.1) is 0 Å². The van der Waals surface area contributed by atoms with E-state index in [4.69, 9.17) is 5.11 Å². The average Bonchev–Trinajstić information content (AvgIpc) is 2.48. The van der Waals surface area contributed by atoms with E-state index in [2.05, 4.69) is 11.8 Å². The molecule has 3 heteroatoms. The highest BCUT2D eigenvalue weighted by molar-refractivity contribution is 7.99. The van der Waals surface area contributed by atoms with Crippen molar-refractivity contribution in [2.24, 2.45) is 0 Å². The summed E-state index contributed by atoms with van der Waals surface area (Å²) in [6.45, 7) is 0.0472. The van der Waals surface area contributed by atoms with Gasteiger partial charge in [0.2, 0.25) is 0 Å². The van der Waals surface area contributed by atoms with Crippen molar-refractivity contribution < 1.29 is 9.50 Å². The molecule has 1 aromatic rings. The lowest BCUT2D eigenvalue weighted by Crippen LogP contribution is -2.08. The molecule has 1 aliphatic carbocycles. The maximum absolute atomic E-state index is 14.0. The van der Waals surface area contributed by atoms with E-state index in [9.17, 15) is 4.39 Å². The Balaban J connectivity index is 1.90. The summed E-state index contributed by atoms with van der Waals surface area (Å²) in [4.78, 5) is 0. The van der Waals surface area contributed by atoms with Crippen molar-refractivity contribution in [3.05, 3.63) is 35.1 Å². The Morgan fingerprint density at radius 2 is 2.05 bits per heavy atom. The van der Waals surface area contributed by atoms with Crippen LogP contribution in [-0.4, -0.2) is 17.0 Å². The summed E-state index contributed by atoms with van der Waals surface area (Å²) in [6.07, 6.45) is 6.97. The molecule has 1 aliphatic rings. The second kappa shape index (κ2) is 8.34. The molecule has 0 bridgehead atoms. The molecule has 0 radical (unpaired) electrons. The average molecular weight is 292 g/mol. The zero-order valence-corrected chi connectivity index (χ0v) is 12.5. The van der Waals surface area contributed by atoms with Crippen LogP contribution in [0.4, 0.5) is 4.39 Å². The summed E-state index contributed by atoms with van der Waals surface area (Å²) in [6, 6.07) is 5.21. The predicted octanol–water partition coefficient (Wildman–Crippen LogP) is 4.13. The zero-order chi connectivity index (χ0) is 14.2. The monoisotopic (exact) mass is 292 g/mol. The molecule has 1 nitrogen and oxygen atoms in total. The normalized spacial score (nSPS) is 15.7. The Labute approximate surface area is 125 Å². The molecule has 0 atom stereocenters. The number of hydrogen-bond acceptors (Lipinski definition) is 2. The first-order valence-electron chi connectivity index (χ1n) is 7.29. The van der Waals surface area contributed by atoms with Gasteiger partial charge in [-0.2, -0.15) is 11.8 Å². The van der Waals surface area contributed by atoms with Crippen LogP contribution < -0.4 is 0 Å². The van der Waals surface area contributed by atoms with Crippen molar-refractivity contribution in [3.63, 3.8) is 0 Å². The van der Waals surface area contributed by atoms with Gasteiger partial charge in [0.15, 0.2) is 0 Å². The molecule has 1 aromatic carbocycles. The van der Waals surface area contributed by atoms with Gasteiger partial charge in [0.25, 0.3) is 0 Å². The summed E-state index contributed by atoms with van der Waals surface area (Å²) in [5.41, 5.74) is 1.45. The SMILES string of the molecule is OCCC#Cc1ccc(CSC2CCCCC2)c(F)c1. The Morgan fingerprint density at radius 1 is 1.25 bits per heavy atom. The third-order valence-corrected chi connectivity index (χ3v) is 4.97. The van der Waals surface area contributed by atoms with Crippen LogP contribution in [0.15, 0.2) is 18.2 Å². The quantitative estimate of drug-likeness (QED) is 0.842. The van der Waals surface area contributed by atoms with Gasteiger partial charge in [-0.1, -0.05) is 37.2 Å². The van der Waals surface area contributed by atoms with Gasteiger partial charge in [0, 0.05) is 23.0 Å². The molecule has 20 heavy (non-hydrogen) atoms. The largest absolute Gasteiger partial charge is 0.395 e. The molecule has 2 rings (SSSR count). The van der Waals surface area contributed by atoms with Crippen LogP contribution in [0.5, 0.6) is 0 Å². The van der Waals surface area contributed by atoms with Gasteiger partial charge in [0.05, 0.1) is 6.61 Å². The minimum absolute atomic E-state index is 0.0472. The minimum Gasteiger partial charge on any atom is -0.395 e. The maximum Gasteiger partial charge on any atom is 0.128 e. The molecule has 108 valence electrons. The zero-order valence-electron chi connectivity index (χ0n) is 11.7. The van der Waals surface area contributed by atoms with Gasteiger partial charge in [-0.25, -0.2) is 4.39 Å². The second-order valence-electron chi connectivity index (χ2n) is 5.15. The summed E-state index contributed by atoms with van der Waals surface area (Å²) in [5.74, 6) is 6.26.